The van der Waals surface area contributed by atoms with E-state index in [4.69, 9.17) is 0 Å². The highest BCUT2D eigenvalue weighted by atomic mass is 16.3. The number of anilines is 1. The lowest BCUT2D eigenvalue weighted by Gasteiger charge is -2.37. The first-order valence-corrected chi connectivity index (χ1v) is 5.81. The maximum absolute atomic E-state index is 9.18. The molecule has 0 aromatic carbocycles. The molecule has 1 aromatic heterocycles. The molecular formula is C12H19N3O. The summed E-state index contributed by atoms with van der Waals surface area (Å²) in [6.07, 6.45) is 1.50. The van der Waals surface area contributed by atoms with Gasteiger partial charge in [0.25, 0.3) is 0 Å². The highest BCUT2D eigenvalue weighted by Gasteiger charge is 2.19. The Morgan fingerprint density at radius 2 is 1.88 bits per heavy atom. The molecule has 1 fully saturated rings. The summed E-state index contributed by atoms with van der Waals surface area (Å²) in [5, 5.41) is 9.18. The van der Waals surface area contributed by atoms with E-state index in [1.807, 2.05) is 6.07 Å². The van der Waals surface area contributed by atoms with Gasteiger partial charge in [-0.05, 0) is 26.0 Å². The molecule has 4 nitrogen and oxygen atoms in total. The van der Waals surface area contributed by atoms with Crippen molar-refractivity contribution in [3.63, 3.8) is 0 Å². The Kier molecular flexibility index (Phi) is 3.29. The second-order valence-electron chi connectivity index (χ2n) is 4.49. The first kappa shape index (κ1) is 11.2. The minimum Gasteiger partial charge on any atom is -0.506 e. The summed E-state index contributed by atoms with van der Waals surface area (Å²) >= 11 is 0. The molecule has 0 radical (unpaired) electrons. The lowest BCUT2D eigenvalue weighted by Crippen LogP contribution is -2.49. The summed E-state index contributed by atoms with van der Waals surface area (Å²) < 4.78 is 0. The number of aromatic nitrogens is 1. The SMILES string of the molecule is CC(C)N1CCN(c2ccc(O)cn2)CC1. The quantitative estimate of drug-likeness (QED) is 0.817. The van der Waals surface area contributed by atoms with Crippen molar-refractivity contribution >= 4 is 5.82 Å². The lowest BCUT2D eigenvalue weighted by atomic mass is 10.2. The lowest BCUT2D eigenvalue weighted by molar-refractivity contribution is 0.209. The summed E-state index contributed by atoms with van der Waals surface area (Å²) in [5.41, 5.74) is 0. The minimum atomic E-state index is 0.226. The van der Waals surface area contributed by atoms with Crippen LogP contribution in [0.2, 0.25) is 0 Å². The van der Waals surface area contributed by atoms with Crippen molar-refractivity contribution < 1.29 is 5.11 Å². The average molecular weight is 221 g/mol. The Bertz CT molecular complexity index is 329. The van der Waals surface area contributed by atoms with Crippen molar-refractivity contribution in [3.05, 3.63) is 18.3 Å². The van der Waals surface area contributed by atoms with Crippen LogP contribution in [0.5, 0.6) is 5.75 Å². The predicted octanol–water partition coefficient (Wildman–Crippen LogP) is 1.32. The van der Waals surface area contributed by atoms with Crippen LogP contribution >= 0.6 is 0 Å². The summed E-state index contributed by atoms with van der Waals surface area (Å²) in [6.45, 7) is 8.65. The largest absolute Gasteiger partial charge is 0.506 e. The van der Waals surface area contributed by atoms with Crippen LogP contribution in [-0.4, -0.2) is 47.2 Å². The first-order valence-electron chi connectivity index (χ1n) is 5.81. The summed E-state index contributed by atoms with van der Waals surface area (Å²) in [7, 11) is 0. The minimum absolute atomic E-state index is 0.226. The zero-order chi connectivity index (χ0) is 11.5. The van der Waals surface area contributed by atoms with Crippen molar-refractivity contribution in [2.45, 2.75) is 19.9 Å². The van der Waals surface area contributed by atoms with E-state index in [0.717, 1.165) is 32.0 Å². The zero-order valence-corrected chi connectivity index (χ0v) is 9.93. The van der Waals surface area contributed by atoms with E-state index in [1.54, 1.807) is 6.07 Å². The highest BCUT2D eigenvalue weighted by Crippen LogP contribution is 2.16. The van der Waals surface area contributed by atoms with Crippen molar-refractivity contribution in [3.8, 4) is 5.75 Å². The van der Waals surface area contributed by atoms with Gasteiger partial charge >= 0.3 is 0 Å². The van der Waals surface area contributed by atoms with Gasteiger partial charge in [0.05, 0.1) is 6.20 Å². The molecule has 0 bridgehead atoms. The van der Waals surface area contributed by atoms with E-state index in [9.17, 15) is 5.11 Å². The van der Waals surface area contributed by atoms with E-state index in [0.29, 0.717) is 6.04 Å². The van der Waals surface area contributed by atoms with Crippen LogP contribution in [0.25, 0.3) is 0 Å². The molecule has 1 aromatic rings. The third-order valence-corrected chi connectivity index (χ3v) is 3.10. The number of rotatable bonds is 2. The molecule has 0 spiro atoms. The molecule has 1 aliphatic heterocycles. The normalized spacial score (nSPS) is 18.1. The number of hydrogen-bond donors (Lipinski definition) is 1. The molecule has 1 N–H and O–H groups in total. The molecule has 0 unspecified atom stereocenters. The Balaban J connectivity index is 1.96. The first-order chi connectivity index (χ1) is 7.66. The van der Waals surface area contributed by atoms with Gasteiger partial charge in [-0.2, -0.15) is 0 Å². The second kappa shape index (κ2) is 4.70. The summed E-state index contributed by atoms with van der Waals surface area (Å²) in [5.74, 6) is 1.19. The fourth-order valence-electron chi connectivity index (χ4n) is 2.03. The van der Waals surface area contributed by atoms with Crippen LogP contribution < -0.4 is 4.90 Å². The molecule has 0 aliphatic carbocycles. The van der Waals surface area contributed by atoms with Crippen LogP contribution in [-0.2, 0) is 0 Å². The summed E-state index contributed by atoms with van der Waals surface area (Å²) in [6, 6.07) is 4.19. The predicted molar refractivity (Wildman–Crippen MR) is 64.8 cm³/mol. The van der Waals surface area contributed by atoms with E-state index < -0.39 is 0 Å². The van der Waals surface area contributed by atoms with Gasteiger partial charge in [0.1, 0.15) is 11.6 Å². The second-order valence-corrected chi connectivity index (χ2v) is 4.49. The topological polar surface area (TPSA) is 39.6 Å². The van der Waals surface area contributed by atoms with Gasteiger partial charge in [0, 0.05) is 32.2 Å². The van der Waals surface area contributed by atoms with E-state index in [2.05, 4.69) is 28.6 Å². The average Bonchev–Trinajstić information content (AvgIpc) is 2.30. The Morgan fingerprint density at radius 3 is 2.38 bits per heavy atom. The van der Waals surface area contributed by atoms with E-state index >= 15 is 0 Å². The van der Waals surface area contributed by atoms with Gasteiger partial charge < -0.3 is 10.0 Å². The number of nitrogens with zero attached hydrogens (tertiary/aromatic N) is 3. The number of aromatic hydroxyl groups is 1. The molecule has 4 heteroatoms. The Hall–Kier alpha value is -1.29. The summed E-state index contributed by atoms with van der Waals surface area (Å²) in [4.78, 5) is 8.96. The molecule has 1 aliphatic rings. The van der Waals surface area contributed by atoms with Crippen LogP contribution in [0, 0.1) is 0 Å². The van der Waals surface area contributed by atoms with Gasteiger partial charge in [0.15, 0.2) is 0 Å². The Morgan fingerprint density at radius 1 is 1.19 bits per heavy atom. The molecule has 0 atom stereocenters. The molecule has 0 saturated carbocycles. The molecule has 0 amide bonds. The molecule has 16 heavy (non-hydrogen) atoms. The van der Waals surface area contributed by atoms with Crippen LogP contribution in [0.4, 0.5) is 5.82 Å². The van der Waals surface area contributed by atoms with Crippen molar-refractivity contribution in [2.24, 2.45) is 0 Å². The molecule has 2 rings (SSSR count). The van der Waals surface area contributed by atoms with Gasteiger partial charge in [-0.25, -0.2) is 4.98 Å². The van der Waals surface area contributed by atoms with E-state index in [1.165, 1.54) is 6.20 Å². The highest BCUT2D eigenvalue weighted by molar-refractivity contribution is 5.40. The smallest absolute Gasteiger partial charge is 0.134 e. The fourth-order valence-corrected chi connectivity index (χ4v) is 2.03. The Labute approximate surface area is 96.5 Å². The van der Waals surface area contributed by atoms with Crippen molar-refractivity contribution in [1.82, 2.24) is 9.88 Å². The van der Waals surface area contributed by atoms with Crippen LogP contribution in [0.3, 0.4) is 0 Å². The fraction of sp³-hybridized carbons (Fsp3) is 0.583. The van der Waals surface area contributed by atoms with E-state index in [-0.39, 0.29) is 5.75 Å². The van der Waals surface area contributed by atoms with Crippen LogP contribution in [0.1, 0.15) is 13.8 Å². The van der Waals surface area contributed by atoms with Gasteiger partial charge in [-0.1, -0.05) is 0 Å². The third kappa shape index (κ3) is 2.44. The standard InChI is InChI=1S/C12H19N3O/c1-10(2)14-5-7-15(8-6-14)12-4-3-11(16)9-13-12/h3-4,9-10,16H,5-8H2,1-2H3. The third-order valence-electron chi connectivity index (χ3n) is 3.10. The van der Waals surface area contributed by atoms with Crippen molar-refractivity contribution in [1.29, 1.82) is 0 Å². The van der Waals surface area contributed by atoms with Gasteiger partial charge in [-0.15, -0.1) is 0 Å². The number of piperazine rings is 1. The molecular weight excluding hydrogens is 202 g/mol. The zero-order valence-electron chi connectivity index (χ0n) is 9.93. The number of hydrogen-bond acceptors (Lipinski definition) is 4. The molecule has 88 valence electrons. The van der Waals surface area contributed by atoms with Crippen LogP contribution in [0.15, 0.2) is 18.3 Å². The maximum atomic E-state index is 9.18. The molecule has 1 saturated heterocycles. The maximum Gasteiger partial charge on any atom is 0.134 e. The van der Waals surface area contributed by atoms with Gasteiger partial charge in [0.2, 0.25) is 0 Å². The van der Waals surface area contributed by atoms with Gasteiger partial charge in [-0.3, -0.25) is 4.90 Å². The molecule has 2 heterocycles. The number of pyridine rings is 1. The monoisotopic (exact) mass is 221 g/mol. The van der Waals surface area contributed by atoms with Crippen molar-refractivity contribution in [2.75, 3.05) is 31.1 Å².